The Labute approximate surface area is 206 Å². The summed E-state index contributed by atoms with van der Waals surface area (Å²) in [4.78, 5) is 41.2. The second-order valence-electron chi connectivity index (χ2n) is 8.88. The van der Waals surface area contributed by atoms with Crippen LogP contribution in [-0.2, 0) is 14.4 Å². The van der Waals surface area contributed by atoms with E-state index < -0.39 is 0 Å². The Morgan fingerprint density at radius 1 is 0.829 bits per heavy atom. The molecule has 35 heavy (non-hydrogen) atoms. The first-order valence-electron chi connectivity index (χ1n) is 11.8. The normalized spacial score (nSPS) is 14.3. The fraction of sp³-hybridized carbons (Fsp3) is 0.423. The van der Waals surface area contributed by atoms with E-state index in [4.69, 9.17) is 4.74 Å². The summed E-state index contributed by atoms with van der Waals surface area (Å²) in [5, 5.41) is 8.44. The second-order valence-corrected chi connectivity index (χ2v) is 8.88. The van der Waals surface area contributed by atoms with Gasteiger partial charge < -0.3 is 20.7 Å². The molecular weight excluding hydrogens is 446 g/mol. The van der Waals surface area contributed by atoms with Gasteiger partial charge in [0.1, 0.15) is 5.75 Å². The summed E-state index contributed by atoms with van der Waals surface area (Å²) in [5.41, 5.74) is 4.62. The van der Waals surface area contributed by atoms with Crippen LogP contribution in [0.25, 0.3) is 0 Å². The number of nitrogens with one attached hydrogen (secondary N) is 3. The van der Waals surface area contributed by atoms with Gasteiger partial charge in [-0.25, -0.2) is 0 Å². The lowest BCUT2D eigenvalue weighted by Crippen LogP contribution is -2.51. The van der Waals surface area contributed by atoms with Crippen molar-refractivity contribution in [2.45, 2.75) is 20.8 Å². The number of rotatable bonds is 9. The van der Waals surface area contributed by atoms with Crippen molar-refractivity contribution in [2.75, 3.05) is 63.6 Å². The monoisotopic (exact) mass is 481 g/mol. The van der Waals surface area contributed by atoms with Crippen molar-refractivity contribution in [3.8, 4) is 5.75 Å². The first-order chi connectivity index (χ1) is 16.7. The maximum atomic E-state index is 12.5. The Kier molecular flexibility index (Phi) is 9.22. The number of ether oxygens (including phenoxy) is 1. The predicted molar refractivity (Wildman–Crippen MR) is 137 cm³/mol. The number of hydrogen-bond donors (Lipinski definition) is 3. The van der Waals surface area contributed by atoms with Crippen LogP contribution in [0.15, 0.2) is 36.4 Å². The minimum absolute atomic E-state index is 0.0406. The number of piperazine rings is 1. The number of benzene rings is 2. The zero-order valence-electron chi connectivity index (χ0n) is 20.9. The fourth-order valence-corrected chi connectivity index (χ4v) is 3.94. The molecule has 3 amide bonds. The lowest BCUT2D eigenvalue weighted by Gasteiger charge is -2.33. The van der Waals surface area contributed by atoms with Crippen LogP contribution < -0.4 is 20.7 Å². The molecule has 188 valence electrons. The molecule has 0 bridgehead atoms. The van der Waals surface area contributed by atoms with E-state index >= 15 is 0 Å². The van der Waals surface area contributed by atoms with Crippen molar-refractivity contribution in [3.63, 3.8) is 0 Å². The number of methoxy groups -OCH3 is 1. The minimum atomic E-state index is -0.318. The van der Waals surface area contributed by atoms with Gasteiger partial charge in [-0.3, -0.25) is 24.2 Å². The molecule has 0 unspecified atom stereocenters. The number of carbonyl (C=O) groups excluding carboxylic acids is 3. The molecule has 1 aliphatic heterocycles. The zero-order valence-corrected chi connectivity index (χ0v) is 20.9. The van der Waals surface area contributed by atoms with Crippen molar-refractivity contribution in [2.24, 2.45) is 0 Å². The molecule has 0 atom stereocenters. The Bertz CT molecular complexity index is 1060. The summed E-state index contributed by atoms with van der Waals surface area (Å²) in [6, 6.07) is 11.4. The largest absolute Gasteiger partial charge is 0.495 e. The van der Waals surface area contributed by atoms with E-state index in [1.54, 1.807) is 13.2 Å². The molecule has 0 aliphatic carbocycles. The fourth-order valence-electron chi connectivity index (χ4n) is 3.94. The Balaban J connectivity index is 1.36. The number of nitrogens with zero attached hydrogens (tertiary/aromatic N) is 2. The van der Waals surface area contributed by atoms with E-state index in [2.05, 4.69) is 20.9 Å². The summed E-state index contributed by atoms with van der Waals surface area (Å²) in [6.07, 6.45) is 0. The van der Waals surface area contributed by atoms with E-state index in [0.29, 0.717) is 44.2 Å². The standard InChI is InChI=1S/C26H35N5O4/c1-18-8-9-23(35-4)22(14-18)29-24(32)15-27-25(33)16-30-10-12-31(13-11-30)17-26(34)28-21-7-5-6-19(2)20(21)3/h5-9,14H,10-13,15-17H2,1-4H3,(H,27,33)(H,28,34)(H,29,32). The van der Waals surface area contributed by atoms with Crippen LogP contribution in [0.3, 0.4) is 0 Å². The first kappa shape index (κ1) is 26.2. The second kappa shape index (κ2) is 12.3. The molecule has 2 aromatic rings. The van der Waals surface area contributed by atoms with Crippen molar-refractivity contribution in [3.05, 3.63) is 53.1 Å². The lowest BCUT2D eigenvalue weighted by molar-refractivity contribution is -0.125. The number of anilines is 2. The molecule has 3 N–H and O–H groups in total. The van der Waals surface area contributed by atoms with Crippen molar-refractivity contribution in [1.29, 1.82) is 0 Å². The molecule has 2 aromatic carbocycles. The number of hydrogen-bond acceptors (Lipinski definition) is 6. The van der Waals surface area contributed by atoms with Crippen LogP contribution in [0, 0.1) is 20.8 Å². The molecule has 1 heterocycles. The average Bonchev–Trinajstić information content (AvgIpc) is 2.82. The Morgan fingerprint density at radius 3 is 2.11 bits per heavy atom. The van der Waals surface area contributed by atoms with Crippen LogP contribution in [-0.4, -0.2) is 80.4 Å². The highest BCUT2D eigenvalue weighted by Gasteiger charge is 2.21. The molecule has 0 saturated carbocycles. The Hall–Kier alpha value is -3.43. The summed E-state index contributed by atoms with van der Waals surface area (Å²) < 4.78 is 5.26. The molecular formula is C26H35N5O4. The van der Waals surface area contributed by atoms with Crippen molar-refractivity contribution >= 4 is 29.1 Å². The van der Waals surface area contributed by atoms with E-state index in [0.717, 1.165) is 22.4 Å². The SMILES string of the molecule is COc1ccc(C)cc1NC(=O)CNC(=O)CN1CCN(CC(=O)Nc2cccc(C)c2C)CC1. The maximum Gasteiger partial charge on any atom is 0.243 e. The van der Waals surface area contributed by atoms with Crippen molar-refractivity contribution in [1.82, 2.24) is 15.1 Å². The Morgan fingerprint density at radius 2 is 1.46 bits per heavy atom. The highest BCUT2D eigenvalue weighted by atomic mass is 16.5. The molecule has 1 aliphatic rings. The molecule has 0 spiro atoms. The molecule has 1 saturated heterocycles. The summed E-state index contributed by atoms with van der Waals surface area (Å²) in [6.45, 7) is 9.10. The number of carbonyl (C=O) groups is 3. The minimum Gasteiger partial charge on any atom is -0.495 e. The summed E-state index contributed by atoms with van der Waals surface area (Å²) in [5.74, 6) is -0.00334. The third-order valence-electron chi connectivity index (χ3n) is 6.15. The number of aryl methyl sites for hydroxylation is 2. The molecule has 1 fully saturated rings. The van der Waals surface area contributed by atoms with Crippen LogP contribution in [0.5, 0.6) is 5.75 Å². The van der Waals surface area contributed by atoms with Gasteiger partial charge in [0.05, 0.1) is 32.4 Å². The van der Waals surface area contributed by atoms with Gasteiger partial charge in [-0.1, -0.05) is 18.2 Å². The molecule has 9 nitrogen and oxygen atoms in total. The van der Waals surface area contributed by atoms with Crippen LogP contribution >= 0.6 is 0 Å². The van der Waals surface area contributed by atoms with Gasteiger partial charge in [0.25, 0.3) is 0 Å². The van der Waals surface area contributed by atoms with Gasteiger partial charge in [0, 0.05) is 31.9 Å². The van der Waals surface area contributed by atoms with Gasteiger partial charge in [0.15, 0.2) is 0 Å². The highest BCUT2D eigenvalue weighted by molar-refractivity contribution is 5.96. The van der Waals surface area contributed by atoms with Crippen LogP contribution in [0.1, 0.15) is 16.7 Å². The maximum absolute atomic E-state index is 12.5. The zero-order chi connectivity index (χ0) is 25.4. The number of amides is 3. The molecule has 0 aromatic heterocycles. The van der Waals surface area contributed by atoms with Gasteiger partial charge in [-0.15, -0.1) is 0 Å². The quantitative estimate of drug-likeness (QED) is 0.506. The molecule has 3 rings (SSSR count). The van der Waals surface area contributed by atoms with Crippen LogP contribution in [0.4, 0.5) is 11.4 Å². The highest BCUT2D eigenvalue weighted by Crippen LogP contribution is 2.25. The van der Waals surface area contributed by atoms with E-state index in [-0.39, 0.29) is 30.8 Å². The molecule has 0 radical (unpaired) electrons. The van der Waals surface area contributed by atoms with Gasteiger partial charge in [-0.05, 0) is 55.7 Å². The van der Waals surface area contributed by atoms with Crippen molar-refractivity contribution < 1.29 is 19.1 Å². The van der Waals surface area contributed by atoms with E-state index in [1.807, 2.05) is 56.0 Å². The van der Waals surface area contributed by atoms with E-state index in [9.17, 15) is 14.4 Å². The third kappa shape index (κ3) is 7.80. The topological polar surface area (TPSA) is 103 Å². The smallest absolute Gasteiger partial charge is 0.243 e. The van der Waals surface area contributed by atoms with Gasteiger partial charge >= 0.3 is 0 Å². The third-order valence-corrected chi connectivity index (χ3v) is 6.15. The predicted octanol–water partition coefficient (Wildman–Crippen LogP) is 1.93. The first-order valence-corrected chi connectivity index (χ1v) is 11.8. The lowest BCUT2D eigenvalue weighted by atomic mass is 10.1. The van der Waals surface area contributed by atoms with Gasteiger partial charge in [-0.2, -0.15) is 0 Å². The van der Waals surface area contributed by atoms with E-state index in [1.165, 1.54) is 0 Å². The molecule has 9 heteroatoms. The van der Waals surface area contributed by atoms with Gasteiger partial charge in [0.2, 0.25) is 17.7 Å². The average molecular weight is 482 g/mol. The summed E-state index contributed by atoms with van der Waals surface area (Å²) >= 11 is 0. The summed E-state index contributed by atoms with van der Waals surface area (Å²) in [7, 11) is 1.54. The van der Waals surface area contributed by atoms with Crippen LogP contribution in [0.2, 0.25) is 0 Å².